The van der Waals surface area contributed by atoms with Crippen molar-refractivity contribution in [3.8, 4) is 17.2 Å². The topological polar surface area (TPSA) is 77.0 Å². The molecule has 7 heteroatoms. The Morgan fingerprint density at radius 1 is 1.11 bits per heavy atom. The van der Waals surface area contributed by atoms with E-state index < -0.39 is 12.0 Å². The zero-order valence-electron chi connectivity index (χ0n) is 16.2. The molecule has 0 saturated carbocycles. The van der Waals surface area contributed by atoms with Gasteiger partial charge in [0.05, 0.1) is 12.5 Å². The quantitative estimate of drug-likeness (QED) is 0.653. The van der Waals surface area contributed by atoms with Gasteiger partial charge in [-0.2, -0.15) is 0 Å². The van der Waals surface area contributed by atoms with Gasteiger partial charge in [0.15, 0.2) is 11.5 Å². The van der Waals surface area contributed by atoms with E-state index in [0.717, 1.165) is 16.9 Å². The first-order valence-electron chi connectivity index (χ1n) is 9.09. The second-order valence-corrected chi connectivity index (χ2v) is 7.79. The molecule has 2 aromatic rings. The van der Waals surface area contributed by atoms with Crippen molar-refractivity contribution in [3.05, 3.63) is 53.1 Å². The molecule has 1 heterocycles. The van der Waals surface area contributed by atoms with Crippen LogP contribution in [0.25, 0.3) is 0 Å². The first-order valence-corrected chi connectivity index (χ1v) is 10.1. The first kappa shape index (κ1) is 20.4. The van der Waals surface area contributed by atoms with Crippen LogP contribution in [0, 0.1) is 13.8 Å². The third kappa shape index (κ3) is 4.91. The van der Waals surface area contributed by atoms with Crippen molar-refractivity contribution in [3.63, 3.8) is 0 Å². The Hall–Kier alpha value is -2.38. The average Bonchev–Trinajstić information content (AvgIpc) is 3.17. The van der Waals surface area contributed by atoms with E-state index in [1.54, 1.807) is 18.9 Å². The fraction of sp³-hybridized carbons (Fsp3) is 0.381. The summed E-state index contributed by atoms with van der Waals surface area (Å²) in [7, 11) is 1.59. The second-order valence-electron chi connectivity index (χ2n) is 6.65. The zero-order chi connectivity index (χ0) is 20.1. The molecule has 2 unspecified atom stereocenters. The number of benzene rings is 2. The maximum absolute atomic E-state index is 11.1. The number of nitrogens with one attached hydrogen (secondary N) is 1. The summed E-state index contributed by atoms with van der Waals surface area (Å²) in [5.41, 5.74) is 3.25. The van der Waals surface area contributed by atoms with Gasteiger partial charge in [-0.25, -0.2) is 0 Å². The molecule has 0 radical (unpaired) electrons. The lowest BCUT2D eigenvalue weighted by Gasteiger charge is -2.16. The van der Waals surface area contributed by atoms with Gasteiger partial charge in [-0.3, -0.25) is 10.1 Å². The normalized spacial score (nSPS) is 18.7. The number of methoxy groups -OCH3 is 1. The summed E-state index contributed by atoms with van der Waals surface area (Å²) in [6.45, 7) is 4.85. The molecule has 6 nitrogen and oxygen atoms in total. The lowest BCUT2D eigenvalue weighted by atomic mass is 10.1. The van der Waals surface area contributed by atoms with Gasteiger partial charge in [-0.1, -0.05) is 23.8 Å². The molecule has 0 bridgehead atoms. The maximum Gasteiger partial charge on any atom is 0.321 e. The van der Waals surface area contributed by atoms with E-state index in [9.17, 15) is 4.79 Å². The molecular weight excluding hydrogens is 378 g/mol. The Labute approximate surface area is 169 Å². The monoisotopic (exact) mass is 403 g/mol. The molecule has 0 aliphatic carbocycles. The van der Waals surface area contributed by atoms with Crippen LogP contribution < -0.4 is 19.5 Å². The van der Waals surface area contributed by atoms with Crippen molar-refractivity contribution in [1.82, 2.24) is 5.32 Å². The van der Waals surface area contributed by atoms with Crippen LogP contribution in [0.2, 0.25) is 0 Å². The molecule has 0 aromatic heterocycles. The molecule has 0 spiro atoms. The standard InChI is InChI=1S/C21H25NO5S/c1-13-4-6-17(14(2)10-13)26-8-9-27-19-11-15(5-7-18(19)25-3)20-22-16(12-28-20)21(23)24/h4-7,10-11,16,20,22H,8-9,12H2,1-3H3,(H,23,24). The number of hydrogen-bond donors (Lipinski definition) is 2. The van der Waals surface area contributed by atoms with Crippen LogP contribution in [-0.4, -0.2) is 43.2 Å². The highest BCUT2D eigenvalue weighted by molar-refractivity contribution is 7.99. The molecule has 0 amide bonds. The van der Waals surface area contributed by atoms with E-state index >= 15 is 0 Å². The van der Waals surface area contributed by atoms with E-state index in [4.69, 9.17) is 19.3 Å². The molecule has 2 atom stereocenters. The van der Waals surface area contributed by atoms with Crippen LogP contribution in [0.3, 0.4) is 0 Å². The van der Waals surface area contributed by atoms with Crippen LogP contribution in [-0.2, 0) is 4.79 Å². The Balaban J connectivity index is 1.60. The summed E-state index contributed by atoms with van der Waals surface area (Å²) in [5, 5.41) is 12.2. The molecular formula is C21H25NO5S. The van der Waals surface area contributed by atoms with Crippen molar-refractivity contribution in [2.75, 3.05) is 26.1 Å². The van der Waals surface area contributed by atoms with Crippen LogP contribution in [0.4, 0.5) is 0 Å². The van der Waals surface area contributed by atoms with Crippen LogP contribution >= 0.6 is 11.8 Å². The van der Waals surface area contributed by atoms with Crippen LogP contribution in [0.1, 0.15) is 22.1 Å². The van der Waals surface area contributed by atoms with Crippen molar-refractivity contribution in [2.45, 2.75) is 25.3 Å². The van der Waals surface area contributed by atoms with Gasteiger partial charge in [-0.05, 0) is 43.2 Å². The van der Waals surface area contributed by atoms with Crippen LogP contribution in [0.5, 0.6) is 17.2 Å². The SMILES string of the molecule is COc1ccc(C2NC(C(=O)O)CS2)cc1OCCOc1ccc(C)cc1C. The Bertz CT molecular complexity index is 842. The minimum Gasteiger partial charge on any atom is -0.493 e. The zero-order valence-corrected chi connectivity index (χ0v) is 17.0. The summed E-state index contributed by atoms with van der Waals surface area (Å²) in [5.74, 6) is 1.80. The number of carbonyl (C=O) groups is 1. The number of carboxylic acids is 1. The van der Waals surface area contributed by atoms with Gasteiger partial charge in [-0.15, -0.1) is 11.8 Å². The van der Waals surface area contributed by atoms with E-state index in [1.807, 2.05) is 37.3 Å². The molecule has 1 aliphatic heterocycles. The van der Waals surface area contributed by atoms with Gasteiger partial charge in [0.25, 0.3) is 0 Å². The molecule has 2 N–H and O–H groups in total. The third-order valence-electron chi connectivity index (χ3n) is 4.50. The fourth-order valence-corrected chi connectivity index (χ4v) is 4.26. The number of ether oxygens (including phenoxy) is 3. The minimum atomic E-state index is -0.830. The lowest BCUT2D eigenvalue weighted by molar-refractivity contribution is -0.138. The summed E-state index contributed by atoms with van der Waals surface area (Å²) in [6.07, 6.45) is 0. The number of rotatable bonds is 8. The largest absolute Gasteiger partial charge is 0.493 e. The number of aliphatic carboxylic acids is 1. The number of hydrogen-bond acceptors (Lipinski definition) is 6. The predicted molar refractivity (Wildman–Crippen MR) is 110 cm³/mol. The average molecular weight is 404 g/mol. The van der Waals surface area contributed by atoms with E-state index in [0.29, 0.717) is 30.5 Å². The summed E-state index contributed by atoms with van der Waals surface area (Å²) in [4.78, 5) is 11.1. The van der Waals surface area contributed by atoms with Gasteiger partial charge >= 0.3 is 5.97 Å². The number of thioether (sulfide) groups is 1. The van der Waals surface area contributed by atoms with E-state index in [-0.39, 0.29) is 5.37 Å². The van der Waals surface area contributed by atoms with Gasteiger partial charge in [0.1, 0.15) is 25.0 Å². The van der Waals surface area contributed by atoms with Crippen molar-refractivity contribution >= 4 is 17.7 Å². The molecule has 1 saturated heterocycles. The molecule has 1 fully saturated rings. The Morgan fingerprint density at radius 3 is 2.46 bits per heavy atom. The highest BCUT2D eigenvalue weighted by Crippen LogP contribution is 2.37. The molecule has 3 rings (SSSR count). The summed E-state index contributed by atoms with van der Waals surface area (Å²) < 4.78 is 17.1. The summed E-state index contributed by atoms with van der Waals surface area (Å²) in [6, 6.07) is 11.2. The van der Waals surface area contributed by atoms with Crippen molar-refractivity contribution < 1.29 is 24.1 Å². The van der Waals surface area contributed by atoms with Gasteiger partial charge < -0.3 is 19.3 Å². The van der Waals surface area contributed by atoms with Crippen molar-refractivity contribution in [2.24, 2.45) is 0 Å². The molecule has 150 valence electrons. The molecule has 2 aromatic carbocycles. The highest BCUT2D eigenvalue weighted by atomic mass is 32.2. The summed E-state index contributed by atoms with van der Waals surface area (Å²) >= 11 is 1.57. The minimum absolute atomic E-state index is 0.0826. The van der Waals surface area contributed by atoms with Crippen molar-refractivity contribution in [1.29, 1.82) is 0 Å². The van der Waals surface area contributed by atoms with Gasteiger partial charge in [0.2, 0.25) is 0 Å². The number of aryl methyl sites for hydroxylation is 2. The fourth-order valence-electron chi connectivity index (χ4n) is 3.04. The van der Waals surface area contributed by atoms with E-state index in [2.05, 4.69) is 18.3 Å². The third-order valence-corrected chi connectivity index (χ3v) is 5.77. The molecule has 1 aliphatic rings. The first-order chi connectivity index (χ1) is 13.5. The predicted octanol–water partition coefficient (Wildman–Crippen LogP) is 3.56. The van der Waals surface area contributed by atoms with Crippen LogP contribution in [0.15, 0.2) is 36.4 Å². The smallest absolute Gasteiger partial charge is 0.321 e. The number of carboxylic acid groups (broad SMARTS) is 1. The Kier molecular flexibility index (Phi) is 6.70. The highest BCUT2D eigenvalue weighted by Gasteiger charge is 2.30. The molecule has 28 heavy (non-hydrogen) atoms. The Morgan fingerprint density at radius 2 is 1.82 bits per heavy atom. The maximum atomic E-state index is 11.1. The van der Waals surface area contributed by atoms with Gasteiger partial charge in [0, 0.05) is 5.75 Å². The van der Waals surface area contributed by atoms with E-state index in [1.165, 1.54) is 5.56 Å². The lowest BCUT2D eigenvalue weighted by Crippen LogP contribution is -2.33. The second kappa shape index (κ2) is 9.21.